The second-order valence-electron chi connectivity index (χ2n) is 3.70. The van der Waals surface area contributed by atoms with Crippen LogP contribution in [0.3, 0.4) is 0 Å². The lowest BCUT2D eigenvalue weighted by Gasteiger charge is -2.46. The number of hydrogen-bond donors (Lipinski definition) is 0. The van der Waals surface area contributed by atoms with Crippen LogP contribution in [0.1, 0.15) is 6.42 Å². The number of fused-ring (bicyclic) bond motifs is 3. The van der Waals surface area contributed by atoms with Gasteiger partial charge < -0.3 is 0 Å². The van der Waals surface area contributed by atoms with Gasteiger partial charge in [-0.3, -0.25) is 14.6 Å². The highest BCUT2D eigenvalue weighted by atomic mass is 16.1. The number of carbonyl (C=O) groups excluding carboxylic acids is 1. The van der Waals surface area contributed by atoms with Gasteiger partial charge in [-0.1, -0.05) is 5.92 Å². The van der Waals surface area contributed by atoms with Crippen LogP contribution in [0.15, 0.2) is 0 Å². The Morgan fingerprint density at radius 3 is 2.54 bits per heavy atom. The first-order chi connectivity index (χ1) is 6.31. The van der Waals surface area contributed by atoms with Gasteiger partial charge in [0.25, 0.3) is 0 Å². The molecule has 2 bridgehead atoms. The highest BCUT2D eigenvalue weighted by Crippen LogP contribution is 2.16. The topological polar surface area (TPSA) is 23.6 Å². The van der Waals surface area contributed by atoms with Crippen molar-refractivity contribution in [1.29, 1.82) is 0 Å². The third-order valence-corrected chi connectivity index (χ3v) is 2.93. The summed E-state index contributed by atoms with van der Waals surface area (Å²) in [6.07, 6.45) is 5.42. The molecule has 3 aliphatic heterocycles. The van der Waals surface area contributed by atoms with Crippen LogP contribution < -0.4 is 0 Å². The van der Waals surface area contributed by atoms with E-state index < -0.39 is 0 Å². The van der Waals surface area contributed by atoms with Gasteiger partial charge in [0.1, 0.15) is 0 Å². The Hall–Kier alpha value is -0.850. The Bertz CT molecular complexity index is 248. The lowest BCUT2D eigenvalue weighted by molar-refractivity contribution is -0.128. The van der Waals surface area contributed by atoms with Gasteiger partial charge in [-0.25, -0.2) is 0 Å². The first-order valence-corrected chi connectivity index (χ1v) is 4.74. The van der Waals surface area contributed by atoms with Crippen molar-refractivity contribution in [3.05, 3.63) is 0 Å². The second-order valence-corrected chi connectivity index (χ2v) is 3.70. The van der Waals surface area contributed by atoms with E-state index in [1.54, 1.807) is 0 Å². The molecule has 3 nitrogen and oxygen atoms in total. The monoisotopic (exact) mass is 178 g/mol. The minimum atomic E-state index is 0.0820. The number of nitrogens with zero attached hydrogens (tertiary/aromatic N) is 2. The second kappa shape index (κ2) is 3.49. The third kappa shape index (κ3) is 1.60. The molecule has 0 aromatic carbocycles. The quantitative estimate of drug-likeness (QED) is 0.536. The normalized spacial score (nSPS) is 37.0. The Labute approximate surface area is 78.7 Å². The molecule has 3 heteroatoms. The summed E-state index contributed by atoms with van der Waals surface area (Å²) in [6.45, 7) is 5.17. The van der Waals surface area contributed by atoms with E-state index in [4.69, 9.17) is 6.42 Å². The van der Waals surface area contributed by atoms with Gasteiger partial charge in [0.15, 0.2) is 5.78 Å². The van der Waals surface area contributed by atoms with Crippen molar-refractivity contribution in [2.45, 2.75) is 12.5 Å². The van der Waals surface area contributed by atoms with Crippen LogP contribution >= 0.6 is 0 Å². The Morgan fingerprint density at radius 1 is 1.38 bits per heavy atom. The molecule has 3 aliphatic rings. The van der Waals surface area contributed by atoms with E-state index in [9.17, 15) is 4.79 Å². The number of terminal acetylenes is 1. The van der Waals surface area contributed by atoms with E-state index in [0.717, 1.165) is 32.7 Å². The SMILES string of the molecule is C#CCC(=O)C1CN2CCN1CC2. The molecule has 0 aliphatic carbocycles. The summed E-state index contributed by atoms with van der Waals surface area (Å²) in [7, 11) is 0. The van der Waals surface area contributed by atoms with Crippen molar-refractivity contribution in [2.24, 2.45) is 0 Å². The van der Waals surface area contributed by atoms with Crippen molar-refractivity contribution < 1.29 is 4.79 Å². The molecule has 3 fully saturated rings. The van der Waals surface area contributed by atoms with Gasteiger partial charge in [-0.05, 0) is 0 Å². The number of carbonyl (C=O) groups is 1. The summed E-state index contributed by atoms with van der Waals surface area (Å²) in [4.78, 5) is 16.2. The molecule has 0 amide bonds. The van der Waals surface area contributed by atoms with Gasteiger partial charge in [0.05, 0.1) is 12.5 Å². The number of Topliss-reactive ketones (excluding diaryl/α,β-unsaturated/α-hetero) is 1. The third-order valence-electron chi connectivity index (χ3n) is 2.93. The van der Waals surface area contributed by atoms with Gasteiger partial charge in [-0.15, -0.1) is 6.42 Å². The van der Waals surface area contributed by atoms with Crippen molar-refractivity contribution in [3.8, 4) is 12.3 Å². The molecule has 3 heterocycles. The van der Waals surface area contributed by atoms with E-state index >= 15 is 0 Å². The van der Waals surface area contributed by atoms with Crippen LogP contribution in [0.25, 0.3) is 0 Å². The Morgan fingerprint density at radius 2 is 2.08 bits per heavy atom. The predicted octanol–water partition coefficient (Wildman–Crippen LogP) is -0.421. The van der Waals surface area contributed by atoms with Crippen molar-refractivity contribution >= 4 is 5.78 Å². The molecule has 0 N–H and O–H groups in total. The molecule has 0 saturated carbocycles. The largest absolute Gasteiger partial charge is 0.299 e. The molecule has 1 unspecified atom stereocenters. The first kappa shape index (κ1) is 8.74. The summed E-state index contributed by atoms with van der Waals surface area (Å²) in [6, 6.07) is 0.0820. The molecule has 0 radical (unpaired) electrons. The highest BCUT2D eigenvalue weighted by Gasteiger charge is 2.35. The zero-order chi connectivity index (χ0) is 9.26. The van der Waals surface area contributed by atoms with Crippen molar-refractivity contribution in [2.75, 3.05) is 32.7 Å². The molecule has 0 aromatic heterocycles. The van der Waals surface area contributed by atoms with E-state index in [2.05, 4.69) is 15.7 Å². The van der Waals surface area contributed by atoms with Crippen molar-refractivity contribution in [1.82, 2.24) is 9.80 Å². The van der Waals surface area contributed by atoms with Crippen LogP contribution in [0.5, 0.6) is 0 Å². The number of piperazine rings is 3. The van der Waals surface area contributed by atoms with Gasteiger partial charge in [-0.2, -0.15) is 0 Å². The standard InChI is InChI=1S/C10H14N2O/c1-2-3-10(13)9-8-11-4-6-12(9)7-5-11/h1,9H,3-8H2. The molecule has 0 aromatic rings. The zero-order valence-corrected chi connectivity index (χ0v) is 7.70. The Kier molecular flexibility index (Phi) is 2.34. The minimum Gasteiger partial charge on any atom is -0.299 e. The van der Waals surface area contributed by atoms with E-state index in [1.807, 2.05) is 0 Å². The van der Waals surface area contributed by atoms with Crippen LogP contribution in [0.4, 0.5) is 0 Å². The fraction of sp³-hybridized carbons (Fsp3) is 0.700. The van der Waals surface area contributed by atoms with Gasteiger partial charge >= 0.3 is 0 Å². The lowest BCUT2D eigenvalue weighted by Crippen LogP contribution is -2.63. The molecular weight excluding hydrogens is 164 g/mol. The maximum atomic E-state index is 11.6. The summed E-state index contributed by atoms with van der Waals surface area (Å²) in [5, 5.41) is 0. The van der Waals surface area contributed by atoms with Crippen LogP contribution in [0.2, 0.25) is 0 Å². The minimum absolute atomic E-state index is 0.0820. The fourth-order valence-electron chi connectivity index (χ4n) is 2.14. The van der Waals surface area contributed by atoms with Crippen LogP contribution in [0, 0.1) is 12.3 Å². The number of hydrogen-bond acceptors (Lipinski definition) is 3. The van der Waals surface area contributed by atoms with E-state index in [-0.39, 0.29) is 18.2 Å². The molecule has 70 valence electrons. The molecule has 1 atom stereocenters. The van der Waals surface area contributed by atoms with Crippen molar-refractivity contribution in [3.63, 3.8) is 0 Å². The molecular formula is C10H14N2O. The zero-order valence-electron chi connectivity index (χ0n) is 7.70. The molecule has 3 saturated heterocycles. The van der Waals surface area contributed by atoms with E-state index in [0.29, 0.717) is 0 Å². The average Bonchev–Trinajstić information content (AvgIpc) is 2.20. The maximum absolute atomic E-state index is 11.6. The van der Waals surface area contributed by atoms with Gasteiger partial charge in [0.2, 0.25) is 0 Å². The summed E-state index contributed by atoms with van der Waals surface area (Å²) in [5.74, 6) is 2.64. The Balaban J connectivity index is 2.01. The lowest BCUT2D eigenvalue weighted by atomic mass is 10.0. The molecule has 13 heavy (non-hydrogen) atoms. The van der Waals surface area contributed by atoms with Gasteiger partial charge in [0, 0.05) is 32.7 Å². The average molecular weight is 178 g/mol. The molecule has 0 spiro atoms. The smallest absolute Gasteiger partial charge is 0.163 e. The summed E-state index contributed by atoms with van der Waals surface area (Å²) >= 11 is 0. The first-order valence-electron chi connectivity index (χ1n) is 4.74. The highest BCUT2D eigenvalue weighted by molar-refractivity contribution is 5.86. The number of ketones is 1. The summed E-state index contributed by atoms with van der Waals surface area (Å²) in [5.41, 5.74) is 0. The summed E-state index contributed by atoms with van der Waals surface area (Å²) < 4.78 is 0. The van der Waals surface area contributed by atoms with Crippen LogP contribution in [-0.2, 0) is 4.79 Å². The maximum Gasteiger partial charge on any atom is 0.163 e. The fourth-order valence-corrected chi connectivity index (χ4v) is 2.14. The number of rotatable bonds is 2. The molecule has 3 rings (SSSR count). The van der Waals surface area contributed by atoms with E-state index in [1.165, 1.54) is 0 Å². The van der Waals surface area contributed by atoms with Crippen LogP contribution in [-0.4, -0.2) is 54.3 Å². The predicted molar refractivity (Wildman–Crippen MR) is 50.3 cm³/mol.